The SMILES string of the molecule is COc1cccc(OC)c1C1=N/C(=C/c2ccc(Cl)cc2)C(=O)O1. The van der Waals surface area contributed by atoms with Crippen molar-refractivity contribution in [3.05, 3.63) is 64.3 Å². The minimum atomic E-state index is -0.534. The Balaban J connectivity index is 2.02. The van der Waals surface area contributed by atoms with Crippen LogP contribution < -0.4 is 9.47 Å². The second-order valence-corrected chi connectivity index (χ2v) is 5.36. The van der Waals surface area contributed by atoms with Gasteiger partial charge in [0.2, 0.25) is 5.90 Å². The van der Waals surface area contributed by atoms with Gasteiger partial charge in [0.15, 0.2) is 5.70 Å². The molecule has 0 radical (unpaired) electrons. The van der Waals surface area contributed by atoms with Gasteiger partial charge in [-0.3, -0.25) is 0 Å². The molecule has 0 bridgehead atoms. The largest absolute Gasteiger partial charge is 0.496 e. The molecule has 2 aromatic rings. The second kappa shape index (κ2) is 6.76. The molecule has 0 saturated carbocycles. The van der Waals surface area contributed by atoms with E-state index in [0.29, 0.717) is 22.1 Å². The lowest BCUT2D eigenvalue weighted by Gasteiger charge is -2.11. The van der Waals surface area contributed by atoms with Crippen molar-refractivity contribution in [3.8, 4) is 11.5 Å². The average Bonchev–Trinajstić information content (AvgIpc) is 2.96. The molecule has 5 nitrogen and oxygen atoms in total. The fourth-order valence-corrected chi connectivity index (χ4v) is 2.42. The van der Waals surface area contributed by atoms with Gasteiger partial charge in [0, 0.05) is 5.02 Å². The third kappa shape index (κ3) is 3.12. The highest BCUT2D eigenvalue weighted by Gasteiger charge is 2.28. The lowest BCUT2D eigenvalue weighted by molar-refractivity contribution is -0.129. The summed E-state index contributed by atoms with van der Waals surface area (Å²) >= 11 is 5.86. The topological polar surface area (TPSA) is 57.1 Å². The van der Waals surface area contributed by atoms with Gasteiger partial charge in [0.1, 0.15) is 17.1 Å². The van der Waals surface area contributed by atoms with Gasteiger partial charge in [-0.2, -0.15) is 0 Å². The number of carbonyl (C=O) groups is 1. The van der Waals surface area contributed by atoms with Gasteiger partial charge in [-0.15, -0.1) is 0 Å². The van der Waals surface area contributed by atoms with Crippen LogP contribution in [0.3, 0.4) is 0 Å². The van der Waals surface area contributed by atoms with Crippen LogP contribution in [0, 0.1) is 0 Å². The smallest absolute Gasteiger partial charge is 0.363 e. The fraction of sp³-hybridized carbons (Fsp3) is 0.111. The van der Waals surface area contributed by atoms with Gasteiger partial charge in [0.05, 0.1) is 14.2 Å². The lowest BCUT2D eigenvalue weighted by atomic mass is 10.1. The summed E-state index contributed by atoms with van der Waals surface area (Å²) in [5.41, 5.74) is 1.49. The Bertz CT molecular complexity index is 818. The average molecular weight is 344 g/mol. The van der Waals surface area contributed by atoms with Crippen molar-refractivity contribution in [2.45, 2.75) is 0 Å². The molecule has 0 aromatic heterocycles. The minimum absolute atomic E-state index is 0.148. The third-order valence-electron chi connectivity index (χ3n) is 3.44. The number of aliphatic imine (C=N–C) groups is 1. The van der Waals surface area contributed by atoms with Crippen LogP contribution in [0.2, 0.25) is 5.02 Å². The number of nitrogens with zero attached hydrogens (tertiary/aromatic N) is 1. The van der Waals surface area contributed by atoms with Gasteiger partial charge in [-0.1, -0.05) is 29.8 Å². The molecule has 0 N–H and O–H groups in total. The molecule has 0 aliphatic carbocycles. The zero-order valence-electron chi connectivity index (χ0n) is 13.1. The summed E-state index contributed by atoms with van der Waals surface area (Å²) in [5.74, 6) is 0.629. The molecule has 0 amide bonds. The first-order valence-electron chi connectivity index (χ1n) is 7.12. The number of cyclic esters (lactones) is 1. The van der Waals surface area contributed by atoms with E-state index in [1.54, 1.807) is 48.5 Å². The summed E-state index contributed by atoms with van der Waals surface area (Å²) in [6.45, 7) is 0. The van der Waals surface area contributed by atoms with Crippen molar-refractivity contribution < 1.29 is 19.0 Å². The van der Waals surface area contributed by atoms with Crippen molar-refractivity contribution in [1.82, 2.24) is 0 Å². The highest BCUT2D eigenvalue weighted by atomic mass is 35.5. The third-order valence-corrected chi connectivity index (χ3v) is 3.69. The van der Waals surface area contributed by atoms with E-state index in [0.717, 1.165) is 5.56 Å². The number of rotatable bonds is 4. The van der Waals surface area contributed by atoms with Crippen LogP contribution in [0.4, 0.5) is 0 Å². The van der Waals surface area contributed by atoms with Crippen molar-refractivity contribution >= 4 is 29.5 Å². The molecular formula is C18H14ClNO4. The monoisotopic (exact) mass is 343 g/mol. The Kier molecular flexibility index (Phi) is 4.53. The fourth-order valence-electron chi connectivity index (χ4n) is 2.29. The zero-order chi connectivity index (χ0) is 17.1. The predicted octanol–water partition coefficient (Wildman–Crippen LogP) is 3.70. The molecule has 0 spiro atoms. The van der Waals surface area contributed by atoms with Crippen molar-refractivity contribution in [2.24, 2.45) is 4.99 Å². The maximum atomic E-state index is 12.1. The quantitative estimate of drug-likeness (QED) is 0.627. The van der Waals surface area contributed by atoms with Crippen molar-refractivity contribution in [2.75, 3.05) is 14.2 Å². The number of methoxy groups -OCH3 is 2. The van der Waals surface area contributed by atoms with Gasteiger partial charge in [0.25, 0.3) is 0 Å². The highest BCUT2D eigenvalue weighted by Crippen LogP contribution is 2.32. The summed E-state index contributed by atoms with van der Waals surface area (Å²) < 4.78 is 15.9. The van der Waals surface area contributed by atoms with E-state index < -0.39 is 5.97 Å². The lowest BCUT2D eigenvalue weighted by Crippen LogP contribution is -2.08. The van der Waals surface area contributed by atoms with Gasteiger partial charge >= 0.3 is 5.97 Å². The van der Waals surface area contributed by atoms with E-state index in [1.165, 1.54) is 14.2 Å². The molecule has 0 unspecified atom stereocenters. The first-order chi connectivity index (χ1) is 11.6. The van der Waals surface area contributed by atoms with Gasteiger partial charge < -0.3 is 14.2 Å². The molecule has 24 heavy (non-hydrogen) atoms. The van der Waals surface area contributed by atoms with Crippen LogP contribution in [-0.4, -0.2) is 26.1 Å². The Labute approximate surface area is 144 Å². The molecule has 1 aliphatic heterocycles. The second-order valence-electron chi connectivity index (χ2n) is 4.93. The number of carbonyl (C=O) groups excluding carboxylic acids is 1. The Morgan fingerprint density at radius 1 is 1.04 bits per heavy atom. The molecule has 3 rings (SSSR count). The Hall–Kier alpha value is -2.79. The van der Waals surface area contributed by atoms with E-state index >= 15 is 0 Å². The Morgan fingerprint density at radius 3 is 2.25 bits per heavy atom. The highest BCUT2D eigenvalue weighted by molar-refractivity contribution is 6.30. The van der Waals surface area contributed by atoms with Crippen LogP contribution in [0.15, 0.2) is 53.2 Å². The van der Waals surface area contributed by atoms with E-state index in [-0.39, 0.29) is 11.6 Å². The molecule has 0 saturated heterocycles. The number of benzene rings is 2. The summed E-state index contributed by atoms with van der Waals surface area (Å²) in [6.07, 6.45) is 1.63. The molecular weight excluding hydrogens is 330 g/mol. The number of ether oxygens (including phenoxy) is 3. The first-order valence-corrected chi connectivity index (χ1v) is 7.49. The van der Waals surface area contributed by atoms with E-state index in [4.69, 9.17) is 25.8 Å². The number of halogens is 1. The van der Waals surface area contributed by atoms with Crippen molar-refractivity contribution in [1.29, 1.82) is 0 Å². The first kappa shape index (κ1) is 16.1. The van der Waals surface area contributed by atoms with Gasteiger partial charge in [-0.05, 0) is 35.9 Å². The summed E-state index contributed by atoms with van der Waals surface area (Å²) in [7, 11) is 3.06. The maximum absolute atomic E-state index is 12.1. The standard InChI is InChI=1S/C18H14ClNO4/c1-22-14-4-3-5-15(23-2)16(14)17-20-13(18(21)24-17)10-11-6-8-12(19)9-7-11/h3-10H,1-2H3/b13-10+. The molecule has 2 aromatic carbocycles. The molecule has 1 heterocycles. The van der Waals surface area contributed by atoms with Crippen LogP contribution in [0.5, 0.6) is 11.5 Å². The number of hydrogen-bond acceptors (Lipinski definition) is 5. The van der Waals surface area contributed by atoms with E-state index in [1.807, 2.05) is 0 Å². The van der Waals surface area contributed by atoms with Crippen LogP contribution in [0.25, 0.3) is 6.08 Å². The number of esters is 1. The van der Waals surface area contributed by atoms with Crippen LogP contribution in [-0.2, 0) is 9.53 Å². The Morgan fingerprint density at radius 2 is 1.67 bits per heavy atom. The summed E-state index contributed by atoms with van der Waals surface area (Å²) in [5, 5.41) is 0.620. The molecule has 0 fully saturated rings. The van der Waals surface area contributed by atoms with E-state index in [2.05, 4.69) is 4.99 Å². The zero-order valence-corrected chi connectivity index (χ0v) is 13.8. The van der Waals surface area contributed by atoms with Crippen molar-refractivity contribution in [3.63, 3.8) is 0 Å². The molecule has 6 heteroatoms. The molecule has 1 aliphatic rings. The summed E-state index contributed by atoms with van der Waals surface area (Å²) in [4.78, 5) is 16.4. The normalized spacial score (nSPS) is 15.2. The maximum Gasteiger partial charge on any atom is 0.363 e. The van der Waals surface area contributed by atoms with Crippen LogP contribution in [0.1, 0.15) is 11.1 Å². The summed E-state index contributed by atoms with van der Waals surface area (Å²) in [6, 6.07) is 12.3. The van der Waals surface area contributed by atoms with E-state index in [9.17, 15) is 4.79 Å². The van der Waals surface area contributed by atoms with Crippen LogP contribution >= 0.6 is 11.6 Å². The minimum Gasteiger partial charge on any atom is -0.496 e. The predicted molar refractivity (Wildman–Crippen MR) is 91.6 cm³/mol. The molecule has 122 valence electrons. The molecule has 0 atom stereocenters. The van der Waals surface area contributed by atoms with Gasteiger partial charge in [-0.25, -0.2) is 9.79 Å². The number of hydrogen-bond donors (Lipinski definition) is 0.